The van der Waals surface area contributed by atoms with Crippen molar-refractivity contribution in [2.45, 2.75) is 13.3 Å². The van der Waals surface area contributed by atoms with Crippen LogP contribution in [0.4, 0.5) is 10.8 Å². The van der Waals surface area contributed by atoms with E-state index >= 15 is 0 Å². The van der Waals surface area contributed by atoms with Crippen LogP contribution in [-0.2, 0) is 13.5 Å². The first-order chi connectivity index (χ1) is 8.52. The van der Waals surface area contributed by atoms with E-state index in [0.717, 1.165) is 9.48 Å². The molecule has 0 saturated carbocycles. The minimum atomic E-state index is -0.302. The monoisotopic (exact) mass is 329 g/mol. The molecule has 2 aromatic heterocycles. The highest BCUT2D eigenvalue weighted by molar-refractivity contribution is 9.11. The van der Waals surface area contributed by atoms with Crippen LogP contribution < -0.4 is 11.1 Å². The van der Waals surface area contributed by atoms with Gasteiger partial charge < -0.3 is 5.73 Å². The average Bonchev–Trinajstić information content (AvgIpc) is 2.83. The Kier molecular flexibility index (Phi) is 3.67. The minimum Gasteiger partial charge on any atom is -0.395 e. The third-order valence-corrected chi connectivity index (χ3v) is 3.80. The number of thiazole rings is 1. The zero-order chi connectivity index (χ0) is 13.3. The van der Waals surface area contributed by atoms with Crippen molar-refractivity contribution in [2.75, 3.05) is 11.1 Å². The van der Waals surface area contributed by atoms with Gasteiger partial charge in [-0.25, -0.2) is 4.98 Å². The molecule has 2 aromatic rings. The second-order valence-corrected chi connectivity index (χ2v) is 6.02. The molecule has 96 valence electrons. The molecule has 0 bridgehead atoms. The molecule has 0 radical (unpaired) electrons. The fourth-order valence-corrected chi connectivity index (χ4v) is 2.70. The van der Waals surface area contributed by atoms with E-state index in [2.05, 4.69) is 31.3 Å². The smallest absolute Gasteiger partial charge is 0.277 e. The van der Waals surface area contributed by atoms with E-state index in [1.807, 2.05) is 6.92 Å². The molecule has 1 amide bonds. The van der Waals surface area contributed by atoms with Gasteiger partial charge in [0.2, 0.25) is 0 Å². The molecule has 0 aliphatic carbocycles. The standard InChI is InChI=1S/C10H12BrN5OS/c1-3-5-7(12)8(16(2)15-5)9(17)14-10-13-4-6(11)18-10/h4H,3,12H2,1-2H3,(H,13,14,17). The van der Waals surface area contributed by atoms with E-state index in [1.54, 1.807) is 13.2 Å². The number of hydrogen-bond donors (Lipinski definition) is 2. The van der Waals surface area contributed by atoms with Crippen LogP contribution in [0.2, 0.25) is 0 Å². The number of nitrogens with zero attached hydrogens (tertiary/aromatic N) is 3. The van der Waals surface area contributed by atoms with Crippen molar-refractivity contribution >= 4 is 44.0 Å². The largest absolute Gasteiger partial charge is 0.395 e. The lowest BCUT2D eigenvalue weighted by molar-refractivity contribution is 0.101. The maximum Gasteiger partial charge on any atom is 0.277 e. The molecule has 0 aliphatic heterocycles. The van der Waals surface area contributed by atoms with Gasteiger partial charge in [-0.05, 0) is 22.4 Å². The van der Waals surface area contributed by atoms with Gasteiger partial charge in [0.15, 0.2) is 5.13 Å². The number of aromatic nitrogens is 3. The summed E-state index contributed by atoms with van der Waals surface area (Å²) < 4.78 is 2.34. The van der Waals surface area contributed by atoms with Gasteiger partial charge in [-0.15, -0.1) is 0 Å². The highest BCUT2D eigenvalue weighted by atomic mass is 79.9. The molecule has 0 aliphatic rings. The molecular formula is C10H12BrN5OS. The summed E-state index contributed by atoms with van der Waals surface area (Å²) in [6.07, 6.45) is 2.32. The molecule has 0 saturated heterocycles. The van der Waals surface area contributed by atoms with Crippen LogP contribution in [0, 0.1) is 0 Å². The number of carbonyl (C=O) groups is 1. The Hall–Kier alpha value is -1.41. The number of hydrogen-bond acceptors (Lipinski definition) is 5. The number of nitrogens with one attached hydrogen (secondary N) is 1. The molecule has 18 heavy (non-hydrogen) atoms. The summed E-state index contributed by atoms with van der Waals surface area (Å²) in [6.45, 7) is 1.94. The van der Waals surface area contributed by atoms with Crippen molar-refractivity contribution < 1.29 is 4.79 Å². The Labute approximate surface area is 116 Å². The van der Waals surface area contributed by atoms with Crippen LogP contribution >= 0.6 is 27.3 Å². The Bertz CT molecular complexity index is 591. The zero-order valence-corrected chi connectivity index (χ0v) is 12.3. The molecule has 0 unspecified atom stereocenters. The van der Waals surface area contributed by atoms with Gasteiger partial charge >= 0.3 is 0 Å². The highest BCUT2D eigenvalue weighted by Crippen LogP contribution is 2.24. The predicted molar refractivity (Wildman–Crippen MR) is 74.8 cm³/mol. The van der Waals surface area contributed by atoms with Crippen molar-refractivity contribution in [1.29, 1.82) is 0 Å². The summed E-state index contributed by atoms with van der Waals surface area (Å²) in [5, 5.41) is 7.42. The first-order valence-electron chi connectivity index (χ1n) is 5.27. The molecule has 3 N–H and O–H groups in total. The SMILES string of the molecule is CCc1nn(C)c(C(=O)Nc2ncc(Br)s2)c1N. The van der Waals surface area contributed by atoms with Gasteiger partial charge in [0, 0.05) is 7.05 Å². The maximum absolute atomic E-state index is 12.1. The molecule has 8 heteroatoms. The third kappa shape index (κ3) is 2.39. The van der Waals surface area contributed by atoms with E-state index < -0.39 is 0 Å². The quantitative estimate of drug-likeness (QED) is 0.902. The molecule has 0 aromatic carbocycles. The van der Waals surface area contributed by atoms with Crippen molar-refractivity contribution in [3.63, 3.8) is 0 Å². The average molecular weight is 330 g/mol. The highest BCUT2D eigenvalue weighted by Gasteiger charge is 2.19. The second kappa shape index (κ2) is 5.07. The van der Waals surface area contributed by atoms with Gasteiger partial charge in [-0.2, -0.15) is 5.10 Å². The first kappa shape index (κ1) is 13.0. The first-order valence-corrected chi connectivity index (χ1v) is 6.88. The Morgan fingerprint density at radius 3 is 2.89 bits per heavy atom. The van der Waals surface area contributed by atoms with Crippen LogP contribution in [0.3, 0.4) is 0 Å². The van der Waals surface area contributed by atoms with Crippen molar-refractivity contribution in [3.8, 4) is 0 Å². The van der Waals surface area contributed by atoms with Gasteiger partial charge in [-0.3, -0.25) is 14.8 Å². The summed E-state index contributed by atoms with van der Waals surface area (Å²) in [5.74, 6) is -0.302. The second-order valence-electron chi connectivity index (χ2n) is 3.61. The molecule has 0 spiro atoms. The zero-order valence-electron chi connectivity index (χ0n) is 9.90. The summed E-state index contributed by atoms with van der Waals surface area (Å²) in [4.78, 5) is 16.1. The Balaban J connectivity index is 2.26. The van der Waals surface area contributed by atoms with E-state index in [1.165, 1.54) is 16.0 Å². The Morgan fingerprint density at radius 2 is 2.39 bits per heavy atom. The summed E-state index contributed by atoms with van der Waals surface area (Å²) in [6, 6.07) is 0. The van der Waals surface area contributed by atoms with E-state index in [4.69, 9.17) is 5.73 Å². The summed E-state index contributed by atoms with van der Waals surface area (Å²) in [5.41, 5.74) is 7.41. The molecule has 6 nitrogen and oxygen atoms in total. The molecule has 2 rings (SSSR count). The number of nitrogens with two attached hydrogens (primary N) is 1. The number of aryl methyl sites for hydroxylation is 2. The lowest BCUT2D eigenvalue weighted by atomic mass is 10.2. The lowest BCUT2D eigenvalue weighted by Gasteiger charge is -2.02. The van der Waals surface area contributed by atoms with E-state index in [9.17, 15) is 4.79 Å². The van der Waals surface area contributed by atoms with Crippen molar-refractivity contribution in [1.82, 2.24) is 14.8 Å². The van der Waals surface area contributed by atoms with Crippen molar-refractivity contribution in [2.24, 2.45) is 7.05 Å². The van der Waals surface area contributed by atoms with Crippen LogP contribution in [-0.4, -0.2) is 20.7 Å². The number of amides is 1. The van der Waals surface area contributed by atoms with Gasteiger partial charge in [0.05, 0.1) is 21.4 Å². The molecular weight excluding hydrogens is 318 g/mol. The number of nitrogen functional groups attached to an aromatic ring is 1. The minimum absolute atomic E-state index is 0.302. The summed E-state index contributed by atoms with van der Waals surface area (Å²) >= 11 is 4.62. The maximum atomic E-state index is 12.1. The summed E-state index contributed by atoms with van der Waals surface area (Å²) in [7, 11) is 1.70. The van der Waals surface area contributed by atoms with Gasteiger partial charge in [0.1, 0.15) is 5.69 Å². The van der Waals surface area contributed by atoms with E-state index in [-0.39, 0.29) is 5.91 Å². The van der Waals surface area contributed by atoms with Crippen LogP contribution in [0.1, 0.15) is 23.1 Å². The fourth-order valence-electron chi connectivity index (χ4n) is 1.59. The van der Waals surface area contributed by atoms with Crippen molar-refractivity contribution in [3.05, 3.63) is 21.4 Å². The predicted octanol–water partition coefficient (Wildman–Crippen LogP) is 2.04. The number of carbonyl (C=O) groups excluding carboxylic acids is 1. The van der Waals surface area contributed by atoms with Crippen LogP contribution in [0.5, 0.6) is 0 Å². The molecule has 0 fully saturated rings. The number of rotatable bonds is 3. The van der Waals surface area contributed by atoms with E-state index in [0.29, 0.717) is 22.9 Å². The fraction of sp³-hybridized carbons (Fsp3) is 0.300. The molecule has 2 heterocycles. The normalized spacial score (nSPS) is 10.6. The Morgan fingerprint density at radius 1 is 1.67 bits per heavy atom. The number of halogens is 1. The lowest BCUT2D eigenvalue weighted by Crippen LogP contribution is -2.17. The van der Waals surface area contributed by atoms with Gasteiger partial charge in [-0.1, -0.05) is 18.3 Å². The van der Waals surface area contributed by atoms with Crippen LogP contribution in [0.15, 0.2) is 9.98 Å². The third-order valence-electron chi connectivity index (χ3n) is 2.41. The van der Waals surface area contributed by atoms with Gasteiger partial charge in [0.25, 0.3) is 5.91 Å². The number of anilines is 2. The van der Waals surface area contributed by atoms with Crippen LogP contribution in [0.25, 0.3) is 0 Å². The molecule has 0 atom stereocenters. The topological polar surface area (TPSA) is 85.8 Å².